The third-order valence-corrected chi connectivity index (χ3v) is 4.99. The number of piperidine rings is 1. The van der Waals surface area contributed by atoms with Crippen molar-refractivity contribution in [2.45, 2.75) is 32.4 Å². The Morgan fingerprint density at radius 2 is 2.00 bits per heavy atom. The minimum atomic E-state index is -1.28. The number of fused-ring (bicyclic) bond motifs is 1. The number of ketones is 1. The fraction of sp³-hybridized carbons (Fsp3) is 0.471. The second-order valence-electron chi connectivity index (χ2n) is 6.27. The van der Waals surface area contributed by atoms with Crippen molar-refractivity contribution in [1.82, 2.24) is 4.90 Å². The molecule has 1 saturated heterocycles. The number of para-hydroxylation sites is 1. The van der Waals surface area contributed by atoms with Gasteiger partial charge in [-0.3, -0.25) is 9.59 Å². The Balaban J connectivity index is 2.07. The minimum Gasteiger partial charge on any atom is -0.480 e. The first-order valence-corrected chi connectivity index (χ1v) is 7.81. The van der Waals surface area contributed by atoms with Gasteiger partial charge in [0.05, 0.1) is 11.8 Å². The molecule has 2 aliphatic heterocycles. The van der Waals surface area contributed by atoms with Crippen LogP contribution < -0.4 is 0 Å². The Morgan fingerprint density at radius 3 is 2.70 bits per heavy atom. The molecule has 1 fully saturated rings. The standard InChI is InChI=1S/C17H20N2O4/c1-9-10(2)19(8-7-13(9)20)16-14(17(22)23)15(21)11-5-3-4-6-12(11)18-16/h3-6,9-10,13-14,20H,7-8H2,1-2H3,(H,22,23). The molecular formula is C17H20N2O4. The summed E-state index contributed by atoms with van der Waals surface area (Å²) in [6.07, 6.45) is 0.115. The molecule has 2 aliphatic rings. The highest BCUT2D eigenvalue weighted by molar-refractivity contribution is 6.26. The van der Waals surface area contributed by atoms with Crippen LogP contribution in [0.1, 0.15) is 30.6 Å². The molecule has 6 nitrogen and oxygen atoms in total. The lowest BCUT2D eigenvalue weighted by Gasteiger charge is -2.44. The minimum absolute atomic E-state index is 0.0202. The SMILES string of the molecule is CC1C(O)CCN(C2=Nc3ccccc3C(=O)C2C(=O)O)C1C. The predicted molar refractivity (Wildman–Crippen MR) is 84.9 cm³/mol. The fourth-order valence-corrected chi connectivity index (χ4v) is 3.36. The number of rotatable bonds is 1. The van der Waals surface area contributed by atoms with Gasteiger partial charge in [-0.2, -0.15) is 0 Å². The van der Waals surface area contributed by atoms with Gasteiger partial charge in [-0.15, -0.1) is 0 Å². The maximum absolute atomic E-state index is 12.6. The summed E-state index contributed by atoms with van der Waals surface area (Å²) in [5.74, 6) is -2.63. The molecule has 3 rings (SSSR count). The van der Waals surface area contributed by atoms with Crippen molar-refractivity contribution in [1.29, 1.82) is 0 Å². The molecule has 0 aromatic heterocycles. The van der Waals surface area contributed by atoms with Gasteiger partial charge in [0.2, 0.25) is 0 Å². The number of carbonyl (C=O) groups is 2. The number of carboxylic acid groups (broad SMARTS) is 1. The van der Waals surface area contributed by atoms with E-state index in [-0.39, 0.29) is 17.8 Å². The topological polar surface area (TPSA) is 90.2 Å². The first-order chi connectivity index (χ1) is 10.9. The van der Waals surface area contributed by atoms with Gasteiger partial charge < -0.3 is 15.1 Å². The normalized spacial score (nSPS) is 30.7. The van der Waals surface area contributed by atoms with Crippen molar-refractivity contribution in [2.75, 3.05) is 6.54 Å². The fourth-order valence-electron chi connectivity index (χ4n) is 3.36. The number of carboxylic acids is 1. The number of benzene rings is 1. The molecule has 2 heterocycles. The molecule has 0 aliphatic carbocycles. The summed E-state index contributed by atoms with van der Waals surface area (Å²) in [4.78, 5) is 30.7. The van der Waals surface area contributed by atoms with E-state index in [4.69, 9.17) is 0 Å². The van der Waals surface area contributed by atoms with Crippen LogP contribution in [-0.2, 0) is 4.79 Å². The first-order valence-electron chi connectivity index (χ1n) is 7.81. The second-order valence-corrected chi connectivity index (χ2v) is 6.27. The number of amidine groups is 1. The number of aliphatic imine (C=N–C) groups is 1. The van der Waals surface area contributed by atoms with Crippen LogP contribution in [0.5, 0.6) is 0 Å². The highest BCUT2D eigenvalue weighted by atomic mass is 16.4. The van der Waals surface area contributed by atoms with Crippen LogP contribution in [0.4, 0.5) is 5.69 Å². The molecule has 122 valence electrons. The van der Waals surface area contributed by atoms with Gasteiger partial charge in [0.15, 0.2) is 11.7 Å². The lowest BCUT2D eigenvalue weighted by molar-refractivity contribution is -0.138. The number of carbonyl (C=O) groups excluding carboxylic acids is 1. The molecule has 4 unspecified atom stereocenters. The number of hydrogen-bond donors (Lipinski definition) is 2. The van der Waals surface area contributed by atoms with Crippen molar-refractivity contribution in [2.24, 2.45) is 16.8 Å². The maximum atomic E-state index is 12.6. The molecule has 0 radical (unpaired) electrons. The zero-order chi connectivity index (χ0) is 16.7. The Kier molecular flexibility index (Phi) is 3.93. The lowest BCUT2D eigenvalue weighted by Crippen LogP contribution is -2.55. The number of likely N-dealkylation sites (tertiary alicyclic amines) is 1. The molecule has 0 spiro atoms. The summed E-state index contributed by atoms with van der Waals surface area (Å²) in [6.45, 7) is 4.35. The van der Waals surface area contributed by atoms with E-state index in [0.29, 0.717) is 24.2 Å². The lowest BCUT2D eigenvalue weighted by atomic mass is 9.85. The molecule has 0 bridgehead atoms. The van der Waals surface area contributed by atoms with Gasteiger partial charge in [0.1, 0.15) is 5.84 Å². The van der Waals surface area contributed by atoms with Gasteiger partial charge in [0.25, 0.3) is 0 Å². The zero-order valence-electron chi connectivity index (χ0n) is 13.1. The van der Waals surface area contributed by atoms with E-state index in [0.717, 1.165) is 0 Å². The Hall–Kier alpha value is -2.21. The van der Waals surface area contributed by atoms with Crippen molar-refractivity contribution in [3.8, 4) is 0 Å². The van der Waals surface area contributed by atoms with E-state index < -0.39 is 23.8 Å². The summed E-state index contributed by atoms with van der Waals surface area (Å²) in [5.41, 5.74) is 0.859. The molecular weight excluding hydrogens is 296 g/mol. The summed E-state index contributed by atoms with van der Waals surface area (Å²) in [5, 5.41) is 19.6. The Labute approximate surface area is 134 Å². The number of Topliss-reactive ketones (excluding diaryl/α,β-unsaturated/α-hetero) is 1. The van der Waals surface area contributed by atoms with E-state index in [1.165, 1.54) is 0 Å². The van der Waals surface area contributed by atoms with E-state index in [1.54, 1.807) is 24.3 Å². The van der Waals surface area contributed by atoms with E-state index in [9.17, 15) is 19.8 Å². The molecule has 6 heteroatoms. The van der Waals surface area contributed by atoms with Crippen molar-refractivity contribution in [3.05, 3.63) is 29.8 Å². The quantitative estimate of drug-likeness (QED) is 0.770. The van der Waals surface area contributed by atoms with E-state index in [1.807, 2.05) is 18.7 Å². The average molecular weight is 316 g/mol. The smallest absolute Gasteiger partial charge is 0.322 e. The van der Waals surface area contributed by atoms with Gasteiger partial charge in [-0.05, 0) is 25.5 Å². The van der Waals surface area contributed by atoms with Gasteiger partial charge in [-0.25, -0.2) is 4.99 Å². The predicted octanol–water partition coefficient (Wildman–Crippen LogP) is 1.70. The number of aliphatic hydroxyl groups excluding tert-OH is 1. The number of aliphatic carboxylic acids is 1. The number of hydrogen-bond acceptors (Lipinski definition) is 5. The first kappa shape index (κ1) is 15.7. The monoisotopic (exact) mass is 316 g/mol. The van der Waals surface area contributed by atoms with Crippen molar-refractivity contribution >= 4 is 23.3 Å². The number of aliphatic hydroxyl groups is 1. The van der Waals surface area contributed by atoms with Crippen molar-refractivity contribution in [3.63, 3.8) is 0 Å². The van der Waals surface area contributed by atoms with Crippen molar-refractivity contribution < 1.29 is 19.8 Å². The van der Waals surface area contributed by atoms with Gasteiger partial charge in [0, 0.05) is 24.1 Å². The second kappa shape index (κ2) is 5.77. The molecule has 1 aromatic rings. The zero-order valence-corrected chi connectivity index (χ0v) is 13.1. The highest BCUT2D eigenvalue weighted by Crippen LogP contribution is 2.33. The molecule has 4 atom stereocenters. The Bertz CT molecular complexity index is 685. The van der Waals surface area contributed by atoms with Gasteiger partial charge in [-0.1, -0.05) is 19.1 Å². The third kappa shape index (κ3) is 2.53. The molecule has 0 saturated carbocycles. The van der Waals surface area contributed by atoms with Crippen LogP contribution in [0, 0.1) is 11.8 Å². The van der Waals surface area contributed by atoms with Crippen LogP contribution in [0.15, 0.2) is 29.3 Å². The van der Waals surface area contributed by atoms with E-state index in [2.05, 4.69) is 4.99 Å². The van der Waals surface area contributed by atoms with Gasteiger partial charge >= 0.3 is 5.97 Å². The maximum Gasteiger partial charge on any atom is 0.322 e. The number of nitrogens with zero attached hydrogens (tertiary/aromatic N) is 2. The molecule has 2 N–H and O–H groups in total. The van der Waals surface area contributed by atoms with E-state index >= 15 is 0 Å². The summed E-state index contributed by atoms with van der Waals surface area (Å²) >= 11 is 0. The molecule has 23 heavy (non-hydrogen) atoms. The largest absolute Gasteiger partial charge is 0.480 e. The highest BCUT2D eigenvalue weighted by Gasteiger charge is 2.43. The Morgan fingerprint density at radius 1 is 1.30 bits per heavy atom. The van der Waals surface area contributed by atoms with Crippen LogP contribution in [0.25, 0.3) is 0 Å². The summed E-state index contributed by atoms with van der Waals surface area (Å²) in [7, 11) is 0. The van der Waals surface area contributed by atoms with Crippen LogP contribution in [0.2, 0.25) is 0 Å². The summed E-state index contributed by atoms with van der Waals surface area (Å²) < 4.78 is 0. The van der Waals surface area contributed by atoms with Crippen LogP contribution >= 0.6 is 0 Å². The summed E-state index contributed by atoms with van der Waals surface area (Å²) in [6, 6.07) is 6.73. The van der Waals surface area contributed by atoms with Crippen LogP contribution in [-0.4, -0.2) is 51.4 Å². The molecule has 1 aromatic carbocycles. The average Bonchev–Trinajstić information content (AvgIpc) is 2.52. The van der Waals surface area contributed by atoms with Crippen LogP contribution in [0.3, 0.4) is 0 Å². The molecule has 0 amide bonds. The third-order valence-electron chi connectivity index (χ3n) is 4.99.